The monoisotopic (exact) mass is 122 g/mol. The SMILES string of the molecule is CCC(=O)F.COC. The summed E-state index contributed by atoms with van der Waals surface area (Å²) in [4.78, 5) is 9.15. The molecule has 0 bridgehead atoms. The highest BCUT2D eigenvalue weighted by Crippen LogP contribution is 1.75. The van der Waals surface area contributed by atoms with Crippen molar-refractivity contribution in [3.05, 3.63) is 0 Å². The average Bonchev–Trinajstić information content (AvgIpc) is 1.69. The van der Waals surface area contributed by atoms with Gasteiger partial charge in [-0.3, -0.25) is 4.79 Å². The van der Waals surface area contributed by atoms with E-state index in [4.69, 9.17) is 4.79 Å². The Bertz CT molecular complexity index is 54.4. The minimum absolute atomic E-state index is 0. The summed E-state index contributed by atoms with van der Waals surface area (Å²) in [5, 5.41) is 0. The third-order valence-electron chi connectivity index (χ3n) is 0.278. The van der Waals surface area contributed by atoms with E-state index < -0.39 is 6.04 Å². The van der Waals surface area contributed by atoms with Gasteiger partial charge in [-0.05, 0) is 0 Å². The first-order chi connectivity index (χ1) is 3.68. The lowest BCUT2D eigenvalue weighted by Crippen LogP contribution is -1.77. The van der Waals surface area contributed by atoms with Crippen LogP contribution in [0.5, 0.6) is 0 Å². The molecule has 0 aliphatic rings. The average molecular weight is 122 g/mol. The second-order valence-corrected chi connectivity index (χ2v) is 1.12. The van der Waals surface area contributed by atoms with Gasteiger partial charge < -0.3 is 4.74 Å². The van der Waals surface area contributed by atoms with Crippen molar-refractivity contribution < 1.29 is 13.9 Å². The third kappa shape index (κ3) is 47.5. The van der Waals surface area contributed by atoms with E-state index in [1.165, 1.54) is 6.92 Å². The van der Waals surface area contributed by atoms with E-state index in [0.29, 0.717) is 0 Å². The molecule has 0 fully saturated rings. The first kappa shape index (κ1) is 10.5. The highest BCUT2D eigenvalue weighted by Gasteiger charge is 1.83. The zero-order chi connectivity index (χ0) is 6.99. The summed E-state index contributed by atoms with van der Waals surface area (Å²) < 4.78 is 15.0. The molecule has 0 aliphatic carbocycles. The molecule has 0 radical (unpaired) electrons. The van der Waals surface area contributed by atoms with Gasteiger partial charge in [0, 0.05) is 20.6 Å². The minimum atomic E-state index is -1.25. The van der Waals surface area contributed by atoms with Crippen LogP contribution >= 0.6 is 0 Å². The van der Waals surface area contributed by atoms with Crippen molar-refractivity contribution in [1.82, 2.24) is 0 Å². The number of rotatable bonds is 1. The Morgan fingerprint density at radius 1 is 1.62 bits per heavy atom. The van der Waals surface area contributed by atoms with Crippen LogP contribution in [0.4, 0.5) is 4.39 Å². The zero-order valence-electron chi connectivity index (χ0n) is 5.40. The number of methoxy groups -OCH3 is 1. The molecule has 0 aromatic heterocycles. The summed E-state index contributed by atoms with van der Waals surface area (Å²) in [6, 6.07) is -1.25. The van der Waals surface area contributed by atoms with Crippen LogP contribution in [0.2, 0.25) is 0 Å². The number of carbonyl (C=O) groups is 1. The van der Waals surface area contributed by atoms with E-state index in [9.17, 15) is 4.39 Å². The fourth-order valence-electron chi connectivity index (χ4n) is 0. The Morgan fingerprint density at radius 3 is 1.75 bits per heavy atom. The van der Waals surface area contributed by atoms with Crippen LogP contribution in [-0.2, 0) is 9.53 Å². The fraction of sp³-hybridized carbons (Fsp3) is 0.800. The maximum absolute atomic E-state index is 10.8. The van der Waals surface area contributed by atoms with E-state index in [1.54, 1.807) is 14.2 Å². The summed E-state index contributed by atoms with van der Waals surface area (Å²) in [6.45, 7) is 1.47. The van der Waals surface area contributed by atoms with Crippen molar-refractivity contribution >= 4 is 6.04 Å². The lowest BCUT2D eigenvalue weighted by molar-refractivity contribution is -0.128. The highest BCUT2D eigenvalue weighted by atomic mass is 19.1. The van der Waals surface area contributed by atoms with E-state index in [1.807, 2.05) is 0 Å². The maximum atomic E-state index is 10.8. The lowest BCUT2D eigenvalue weighted by atomic mass is 10.5. The summed E-state index contributed by atoms with van der Waals surface area (Å²) >= 11 is 0. The first-order valence-corrected chi connectivity index (χ1v) is 2.27. The molecule has 50 valence electrons. The lowest BCUT2D eigenvalue weighted by Gasteiger charge is -1.66. The predicted molar refractivity (Wildman–Crippen MR) is 29.3 cm³/mol. The largest absolute Gasteiger partial charge is 0.388 e. The Balaban J connectivity index is 0. The van der Waals surface area contributed by atoms with E-state index in [-0.39, 0.29) is 6.42 Å². The quantitative estimate of drug-likeness (QED) is 0.488. The second-order valence-electron chi connectivity index (χ2n) is 1.12. The van der Waals surface area contributed by atoms with Crippen LogP contribution in [0.25, 0.3) is 0 Å². The highest BCUT2D eigenvalue weighted by molar-refractivity contribution is 5.67. The molecular weight excluding hydrogens is 111 g/mol. The van der Waals surface area contributed by atoms with Crippen molar-refractivity contribution in [3.63, 3.8) is 0 Å². The molecule has 0 amide bonds. The molecule has 0 saturated heterocycles. The molecule has 8 heavy (non-hydrogen) atoms. The summed E-state index contributed by atoms with van der Waals surface area (Å²) in [6.07, 6.45) is 0. The number of ether oxygens (including phenoxy) is 1. The molecule has 0 rings (SSSR count). The van der Waals surface area contributed by atoms with Crippen LogP contribution in [-0.4, -0.2) is 20.3 Å². The van der Waals surface area contributed by atoms with Crippen molar-refractivity contribution in [2.45, 2.75) is 13.3 Å². The van der Waals surface area contributed by atoms with Crippen molar-refractivity contribution in [3.8, 4) is 0 Å². The van der Waals surface area contributed by atoms with Crippen LogP contribution in [0.15, 0.2) is 0 Å². The predicted octanol–water partition coefficient (Wildman–Crippen LogP) is 1.16. The summed E-state index contributed by atoms with van der Waals surface area (Å²) in [7, 11) is 3.25. The molecule has 0 N–H and O–H groups in total. The van der Waals surface area contributed by atoms with Gasteiger partial charge >= 0.3 is 6.04 Å². The maximum Gasteiger partial charge on any atom is 0.301 e. The number of carbonyl (C=O) groups excluding carboxylic acids is 1. The molecule has 0 aromatic carbocycles. The number of hydrogen-bond donors (Lipinski definition) is 0. The van der Waals surface area contributed by atoms with Gasteiger partial charge in [0.2, 0.25) is 0 Å². The molecule has 2 nitrogen and oxygen atoms in total. The van der Waals surface area contributed by atoms with Gasteiger partial charge in [0.15, 0.2) is 0 Å². The molecule has 0 aromatic rings. The molecule has 0 unspecified atom stereocenters. The third-order valence-corrected chi connectivity index (χ3v) is 0.278. The zero-order valence-corrected chi connectivity index (χ0v) is 5.40. The smallest absolute Gasteiger partial charge is 0.301 e. The van der Waals surface area contributed by atoms with Gasteiger partial charge in [0.25, 0.3) is 0 Å². The van der Waals surface area contributed by atoms with Gasteiger partial charge in [0.05, 0.1) is 0 Å². The Labute approximate surface area is 48.6 Å². The van der Waals surface area contributed by atoms with Crippen molar-refractivity contribution in [2.24, 2.45) is 0 Å². The first-order valence-electron chi connectivity index (χ1n) is 2.27. The molecule has 0 aliphatic heterocycles. The molecule has 0 atom stereocenters. The van der Waals surface area contributed by atoms with E-state index in [0.717, 1.165) is 0 Å². The van der Waals surface area contributed by atoms with Crippen LogP contribution in [0.1, 0.15) is 13.3 Å². The minimum Gasteiger partial charge on any atom is -0.388 e. The summed E-state index contributed by atoms with van der Waals surface area (Å²) in [5.41, 5.74) is 0. The molecule has 0 spiro atoms. The normalized spacial score (nSPS) is 7.00. The molecule has 0 heterocycles. The fourth-order valence-corrected chi connectivity index (χ4v) is 0. The van der Waals surface area contributed by atoms with Crippen LogP contribution < -0.4 is 0 Å². The van der Waals surface area contributed by atoms with Gasteiger partial charge in [-0.25, -0.2) is 0 Å². The second kappa shape index (κ2) is 9.75. The summed E-state index contributed by atoms with van der Waals surface area (Å²) in [5.74, 6) is 0. The van der Waals surface area contributed by atoms with Crippen LogP contribution in [0.3, 0.4) is 0 Å². The van der Waals surface area contributed by atoms with Gasteiger partial charge in [-0.15, -0.1) is 0 Å². The van der Waals surface area contributed by atoms with Gasteiger partial charge in [0.1, 0.15) is 0 Å². The Morgan fingerprint density at radius 2 is 1.75 bits per heavy atom. The van der Waals surface area contributed by atoms with E-state index >= 15 is 0 Å². The van der Waals surface area contributed by atoms with Crippen molar-refractivity contribution in [2.75, 3.05) is 14.2 Å². The molecule has 0 saturated carbocycles. The van der Waals surface area contributed by atoms with Crippen LogP contribution in [0, 0.1) is 0 Å². The Kier molecular flexibility index (Phi) is 12.8. The topological polar surface area (TPSA) is 26.3 Å². The number of halogens is 1. The number of hydrogen-bond acceptors (Lipinski definition) is 2. The van der Waals surface area contributed by atoms with Gasteiger partial charge in [-0.2, -0.15) is 4.39 Å². The van der Waals surface area contributed by atoms with Gasteiger partial charge in [-0.1, -0.05) is 6.92 Å². The standard InChI is InChI=1S/C3H5FO.C2H6O/c1-2-3(4)5;1-3-2/h2H2,1H3;1-2H3. The molecular formula is C5H11FO2. The Hall–Kier alpha value is -0.440. The van der Waals surface area contributed by atoms with E-state index in [2.05, 4.69) is 4.74 Å². The van der Waals surface area contributed by atoms with Crippen molar-refractivity contribution in [1.29, 1.82) is 0 Å². The molecule has 3 heteroatoms.